The van der Waals surface area contributed by atoms with Crippen molar-refractivity contribution in [2.75, 3.05) is 17.7 Å². The topological polar surface area (TPSA) is 113 Å². The summed E-state index contributed by atoms with van der Waals surface area (Å²) in [5.41, 5.74) is -0.979. The normalized spacial score (nSPS) is 12.9. The largest absolute Gasteiger partial charge is 0.391 e. The molecule has 0 aliphatic heterocycles. The van der Waals surface area contributed by atoms with Crippen LogP contribution in [0.4, 0.5) is 17.5 Å². The number of aliphatic hydroxyl groups excluding tert-OH is 1. The lowest BCUT2D eigenvalue weighted by molar-refractivity contribution is -0.384. The summed E-state index contributed by atoms with van der Waals surface area (Å²) in [4.78, 5) is 18.1. The van der Waals surface area contributed by atoms with E-state index in [1.165, 1.54) is 0 Å². The van der Waals surface area contributed by atoms with Gasteiger partial charge in [-0.1, -0.05) is 0 Å². The lowest BCUT2D eigenvalue weighted by Crippen LogP contribution is -2.42. The van der Waals surface area contributed by atoms with Gasteiger partial charge in [0.1, 0.15) is 6.20 Å². The molecule has 0 aliphatic rings. The standard InChI is InChI=1S/C10H17N5O3/c1-6(16)10(2,3)14-8-7(15(17)18)5-12-9(11-4)13-8/h5-6,16H,1-4H3,(H2,11,12,13,14). The molecule has 0 fully saturated rings. The van der Waals surface area contributed by atoms with Crippen LogP contribution in [0.15, 0.2) is 6.20 Å². The minimum atomic E-state index is -0.746. The Labute approximate surface area is 105 Å². The summed E-state index contributed by atoms with van der Waals surface area (Å²) < 4.78 is 0. The van der Waals surface area contributed by atoms with Crippen LogP contribution in [-0.2, 0) is 0 Å². The molecule has 8 heteroatoms. The van der Waals surface area contributed by atoms with E-state index in [1.54, 1.807) is 27.8 Å². The molecule has 0 aliphatic carbocycles. The Bertz CT molecular complexity index is 447. The molecule has 0 bridgehead atoms. The zero-order valence-corrected chi connectivity index (χ0v) is 10.8. The molecule has 0 aromatic carbocycles. The predicted molar refractivity (Wildman–Crippen MR) is 67.6 cm³/mol. The Morgan fingerprint density at radius 1 is 1.56 bits per heavy atom. The lowest BCUT2D eigenvalue weighted by Gasteiger charge is -2.29. The van der Waals surface area contributed by atoms with Gasteiger partial charge in [0.05, 0.1) is 16.6 Å². The summed E-state index contributed by atoms with van der Waals surface area (Å²) in [6.45, 7) is 5.05. The maximum absolute atomic E-state index is 10.9. The molecule has 1 atom stereocenters. The van der Waals surface area contributed by atoms with Crippen LogP contribution in [0.25, 0.3) is 0 Å². The first-order valence-electron chi connectivity index (χ1n) is 5.43. The van der Waals surface area contributed by atoms with Gasteiger partial charge in [0.15, 0.2) is 0 Å². The van der Waals surface area contributed by atoms with Crippen LogP contribution < -0.4 is 10.6 Å². The van der Waals surface area contributed by atoms with Crippen molar-refractivity contribution >= 4 is 17.5 Å². The number of aliphatic hydroxyl groups is 1. The van der Waals surface area contributed by atoms with Crippen LogP contribution in [0.1, 0.15) is 20.8 Å². The van der Waals surface area contributed by atoms with Crippen molar-refractivity contribution < 1.29 is 10.0 Å². The average molecular weight is 255 g/mol. The fourth-order valence-electron chi connectivity index (χ4n) is 1.13. The van der Waals surface area contributed by atoms with E-state index in [2.05, 4.69) is 20.6 Å². The van der Waals surface area contributed by atoms with E-state index >= 15 is 0 Å². The van der Waals surface area contributed by atoms with Crippen LogP contribution >= 0.6 is 0 Å². The maximum atomic E-state index is 10.9. The number of rotatable bonds is 5. The van der Waals surface area contributed by atoms with Gasteiger partial charge in [0, 0.05) is 7.05 Å². The number of nitrogens with one attached hydrogen (secondary N) is 2. The van der Waals surface area contributed by atoms with Crippen LogP contribution in [0.5, 0.6) is 0 Å². The third-order valence-corrected chi connectivity index (χ3v) is 2.67. The summed E-state index contributed by atoms with van der Waals surface area (Å²) >= 11 is 0. The fraction of sp³-hybridized carbons (Fsp3) is 0.600. The second-order valence-electron chi connectivity index (χ2n) is 4.46. The predicted octanol–water partition coefficient (Wildman–Crippen LogP) is 0.998. The van der Waals surface area contributed by atoms with Crippen molar-refractivity contribution in [3.05, 3.63) is 16.3 Å². The number of nitro groups is 1. The molecule has 1 heterocycles. The summed E-state index contributed by atoms with van der Waals surface area (Å²) in [5.74, 6) is 0.342. The molecule has 1 aromatic rings. The van der Waals surface area contributed by atoms with Gasteiger partial charge in [-0.15, -0.1) is 0 Å². The molecule has 3 N–H and O–H groups in total. The molecule has 1 rings (SSSR count). The van der Waals surface area contributed by atoms with E-state index in [4.69, 9.17) is 0 Å². The van der Waals surface area contributed by atoms with Crippen molar-refractivity contribution in [2.24, 2.45) is 0 Å². The number of hydrogen-bond acceptors (Lipinski definition) is 7. The van der Waals surface area contributed by atoms with Crippen LogP contribution in [-0.4, -0.2) is 38.7 Å². The van der Waals surface area contributed by atoms with E-state index in [0.717, 1.165) is 6.20 Å². The first-order valence-corrected chi connectivity index (χ1v) is 5.43. The molecule has 0 saturated carbocycles. The maximum Gasteiger partial charge on any atom is 0.329 e. The molecule has 0 saturated heterocycles. The minimum absolute atomic E-state index is 0.0743. The van der Waals surface area contributed by atoms with Gasteiger partial charge in [-0.3, -0.25) is 10.1 Å². The van der Waals surface area contributed by atoms with Crippen LogP contribution in [0, 0.1) is 10.1 Å². The molecule has 8 nitrogen and oxygen atoms in total. The van der Waals surface area contributed by atoms with Gasteiger partial charge in [-0.05, 0) is 20.8 Å². The number of aromatic nitrogens is 2. The van der Waals surface area contributed by atoms with Crippen LogP contribution in [0.2, 0.25) is 0 Å². The molecule has 100 valence electrons. The van der Waals surface area contributed by atoms with Crippen molar-refractivity contribution in [3.8, 4) is 0 Å². The Morgan fingerprint density at radius 3 is 2.61 bits per heavy atom. The first kappa shape index (κ1) is 14.1. The van der Waals surface area contributed by atoms with E-state index in [-0.39, 0.29) is 17.5 Å². The lowest BCUT2D eigenvalue weighted by atomic mass is 9.99. The van der Waals surface area contributed by atoms with Crippen molar-refractivity contribution in [1.82, 2.24) is 9.97 Å². The Hall–Kier alpha value is -1.96. The van der Waals surface area contributed by atoms with E-state index in [0.29, 0.717) is 0 Å². The van der Waals surface area contributed by atoms with Gasteiger partial charge >= 0.3 is 5.69 Å². The number of anilines is 2. The average Bonchev–Trinajstić information content (AvgIpc) is 2.27. The van der Waals surface area contributed by atoms with Gasteiger partial charge in [0.25, 0.3) is 0 Å². The molecule has 1 aromatic heterocycles. The molecule has 0 spiro atoms. The Kier molecular flexibility index (Phi) is 4.02. The summed E-state index contributed by atoms with van der Waals surface area (Å²) in [6, 6.07) is 0. The van der Waals surface area contributed by atoms with Gasteiger partial charge < -0.3 is 15.7 Å². The summed E-state index contributed by atoms with van der Waals surface area (Å²) in [6.07, 6.45) is 0.421. The smallest absolute Gasteiger partial charge is 0.329 e. The zero-order valence-electron chi connectivity index (χ0n) is 10.8. The van der Waals surface area contributed by atoms with Gasteiger partial charge in [0.2, 0.25) is 11.8 Å². The molecule has 18 heavy (non-hydrogen) atoms. The molecule has 0 radical (unpaired) electrons. The highest BCUT2D eigenvalue weighted by atomic mass is 16.6. The fourth-order valence-corrected chi connectivity index (χ4v) is 1.13. The number of hydrogen-bond donors (Lipinski definition) is 3. The Morgan fingerprint density at radius 2 is 2.17 bits per heavy atom. The molecule has 1 unspecified atom stereocenters. The quantitative estimate of drug-likeness (QED) is 0.531. The molecular weight excluding hydrogens is 238 g/mol. The zero-order chi connectivity index (χ0) is 13.9. The first-order chi connectivity index (χ1) is 8.27. The van der Waals surface area contributed by atoms with E-state index in [9.17, 15) is 15.2 Å². The Balaban J connectivity index is 3.16. The van der Waals surface area contributed by atoms with E-state index < -0.39 is 16.6 Å². The summed E-state index contributed by atoms with van der Waals surface area (Å²) in [5, 5.41) is 26.0. The van der Waals surface area contributed by atoms with Crippen LogP contribution in [0.3, 0.4) is 0 Å². The third kappa shape index (κ3) is 3.04. The van der Waals surface area contributed by atoms with Crippen molar-refractivity contribution in [1.29, 1.82) is 0 Å². The number of nitrogens with zero attached hydrogens (tertiary/aromatic N) is 3. The SMILES string of the molecule is CNc1ncc([N+](=O)[O-])c(NC(C)(C)C(C)O)n1. The highest BCUT2D eigenvalue weighted by Crippen LogP contribution is 2.26. The highest BCUT2D eigenvalue weighted by molar-refractivity contribution is 5.58. The minimum Gasteiger partial charge on any atom is -0.391 e. The second kappa shape index (κ2) is 5.13. The third-order valence-electron chi connectivity index (χ3n) is 2.67. The van der Waals surface area contributed by atoms with Crippen molar-refractivity contribution in [3.63, 3.8) is 0 Å². The van der Waals surface area contributed by atoms with Gasteiger partial charge in [-0.2, -0.15) is 4.98 Å². The second-order valence-corrected chi connectivity index (χ2v) is 4.46. The summed E-state index contributed by atoms with van der Waals surface area (Å²) in [7, 11) is 1.62. The monoisotopic (exact) mass is 255 g/mol. The molecular formula is C10H17N5O3. The highest BCUT2D eigenvalue weighted by Gasteiger charge is 2.28. The van der Waals surface area contributed by atoms with E-state index in [1.807, 2.05) is 0 Å². The van der Waals surface area contributed by atoms with Crippen molar-refractivity contribution in [2.45, 2.75) is 32.4 Å². The van der Waals surface area contributed by atoms with Gasteiger partial charge in [-0.25, -0.2) is 4.98 Å². The molecule has 0 amide bonds.